The number of esters is 1. The van der Waals surface area contributed by atoms with Crippen molar-refractivity contribution in [1.82, 2.24) is 0 Å². The van der Waals surface area contributed by atoms with Crippen LogP contribution >= 0.6 is 0 Å². The summed E-state index contributed by atoms with van der Waals surface area (Å²) in [6, 6.07) is 28.2. The summed E-state index contributed by atoms with van der Waals surface area (Å²) in [5.41, 5.74) is 2.46. The van der Waals surface area contributed by atoms with E-state index < -0.39 is 5.60 Å². The largest absolute Gasteiger partial charge is 0.497 e. The van der Waals surface area contributed by atoms with Crippen LogP contribution in [0.4, 0.5) is 0 Å². The molecule has 4 heteroatoms. The molecule has 0 atom stereocenters. The van der Waals surface area contributed by atoms with Crippen molar-refractivity contribution >= 4 is 22.8 Å². The number of ether oxygens (including phenoxy) is 3. The van der Waals surface area contributed by atoms with E-state index in [1.54, 1.807) is 7.11 Å². The number of fused-ring (bicyclic) bond motifs is 3. The lowest BCUT2D eigenvalue weighted by molar-refractivity contribution is 0.0210. The van der Waals surface area contributed by atoms with Crippen LogP contribution in [0, 0.1) is 0 Å². The average Bonchev–Trinajstić information content (AvgIpc) is 2.97. The number of methoxy groups -OCH3 is 1. The molecule has 4 aromatic carbocycles. The SMILES string of the molecule is COc1ccc2c3c(c(C(=O)OC4CCCCC4)cc2c1)C=CC(c1ccccc1)(c1ccccc1)O3. The van der Waals surface area contributed by atoms with Crippen molar-refractivity contribution in [3.8, 4) is 11.5 Å². The highest BCUT2D eigenvalue weighted by atomic mass is 16.5. The van der Waals surface area contributed by atoms with Gasteiger partial charge in [0.2, 0.25) is 0 Å². The standard InChI is InChI=1S/C33H30O4/c1-35-27-17-18-28-23(21-27)22-30(32(34)36-26-15-9-4-10-16-26)29-19-20-33(37-31(28)29,24-11-5-2-6-12-24)25-13-7-3-8-14-25/h2-3,5-8,11-14,17-22,26H,4,9-10,15-16H2,1H3. The fourth-order valence-corrected chi connectivity index (χ4v) is 5.58. The molecule has 1 heterocycles. The smallest absolute Gasteiger partial charge is 0.339 e. The van der Waals surface area contributed by atoms with Crippen LogP contribution in [0.1, 0.15) is 59.2 Å². The first-order valence-corrected chi connectivity index (χ1v) is 13.0. The Morgan fingerprint density at radius 1 is 0.865 bits per heavy atom. The van der Waals surface area contributed by atoms with Gasteiger partial charge in [-0.2, -0.15) is 0 Å². The van der Waals surface area contributed by atoms with Gasteiger partial charge < -0.3 is 14.2 Å². The van der Waals surface area contributed by atoms with Crippen LogP contribution in [0.3, 0.4) is 0 Å². The van der Waals surface area contributed by atoms with Crippen LogP contribution in [0.25, 0.3) is 16.8 Å². The van der Waals surface area contributed by atoms with E-state index in [0.717, 1.165) is 58.9 Å². The van der Waals surface area contributed by atoms with Crippen LogP contribution in [-0.4, -0.2) is 19.2 Å². The summed E-state index contributed by atoms with van der Waals surface area (Å²) in [5, 5.41) is 1.80. The topological polar surface area (TPSA) is 44.8 Å². The van der Waals surface area contributed by atoms with Crippen LogP contribution in [0.2, 0.25) is 0 Å². The van der Waals surface area contributed by atoms with Crippen molar-refractivity contribution in [2.45, 2.75) is 43.8 Å². The number of hydrogen-bond acceptors (Lipinski definition) is 4. The van der Waals surface area contributed by atoms with Crippen molar-refractivity contribution in [3.05, 3.63) is 113 Å². The molecule has 186 valence electrons. The van der Waals surface area contributed by atoms with Gasteiger partial charge in [0, 0.05) is 22.1 Å². The molecule has 0 spiro atoms. The van der Waals surface area contributed by atoms with E-state index in [4.69, 9.17) is 14.2 Å². The number of carbonyl (C=O) groups is 1. The fraction of sp³-hybridized carbons (Fsp3) is 0.242. The number of hydrogen-bond donors (Lipinski definition) is 0. The Bertz CT molecular complexity index is 1410. The molecule has 4 nitrogen and oxygen atoms in total. The second-order valence-corrected chi connectivity index (χ2v) is 9.82. The van der Waals surface area contributed by atoms with Gasteiger partial charge in [-0.3, -0.25) is 0 Å². The molecule has 0 aromatic heterocycles. The molecule has 37 heavy (non-hydrogen) atoms. The van der Waals surface area contributed by atoms with E-state index in [2.05, 4.69) is 30.3 Å². The molecule has 1 aliphatic heterocycles. The summed E-state index contributed by atoms with van der Waals surface area (Å²) >= 11 is 0. The van der Waals surface area contributed by atoms with E-state index in [0.29, 0.717) is 11.3 Å². The van der Waals surface area contributed by atoms with Crippen molar-refractivity contribution in [3.63, 3.8) is 0 Å². The molecule has 0 N–H and O–H groups in total. The Balaban J connectivity index is 1.53. The zero-order valence-corrected chi connectivity index (χ0v) is 21.0. The lowest BCUT2D eigenvalue weighted by Crippen LogP contribution is -2.34. The Hall–Kier alpha value is -4.05. The molecule has 0 unspecified atom stereocenters. The van der Waals surface area contributed by atoms with Crippen LogP contribution < -0.4 is 9.47 Å². The highest BCUT2D eigenvalue weighted by Crippen LogP contribution is 2.47. The van der Waals surface area contributed by atoms with E-state index in [9.17, 15) is 4.79 Å². The molecule has 1 fully saturated rings. The minimum atomic E-state index is -0.839. The Morgan fingerprint density at radius 2 is 1.54 bits per heavy atom. The summed E-state index contributed by atoms with van der Waals surface area (Å²) in [5.74, 6) is 1.10. The van der Waals surface area contributed by atoms with Crippen molar-refractivity contribution in [2.24, 2.45) is 0 Å². The van der Waals surface area contributed by atoms with E-state index in [-0.39, 0.29) is 12.1 Å². The maximum atomic E-state index is 13.5. The predicted molar refractivity (Wildman–Crippen MR) is 146 cm³/mol. The van der Waals surface area contributed by atoms with Crippen LogP contribution in [0.15, 0.2) is 91.0 Å². The first-order valence-electron chi connectivity index (χ1n) is 13.0. The van der Waals surface area contributed by atoms with Gasteiger partial charge in [0.25, 0.3) is 0 Å². The fourth-order valence-electron chi connectivity index (χ4n) is 5.58. The van der Waals surface area contributed by atoms with Crippen LogP contribution in [0.5, 0.6) is 11.5 Å². The molecule has 6 rings (SSSR count). The molecular formula is C33H30O4. The van der Waals surface area contributed by atoms with Gasteiger partial charge in [0.15, 0.2) is 5.60 Å². The molecule has 0 radical (unpaired) electrons. The summed E-state index contributed by atoms with van der Waals surface area (Å²) < 4.78 is 18.5. The molecule has 1 aliphatic carbocycles. The summed E-state index contributed by atoms with van der Waals surface area (Å²) in [4.78, 5) is 13.5. The molecule has 2 aliphatic rings. The van der Waals surface area contributed by atoms with Gasteiger partial charge in [-0.25, -0.2) is 4.79 Å². The van der Waals surface area contributed by atoms with E-state index in [1.165, 1.54) is 6.42 Å². The summed E-state index contributed by atoms with van der Waals surface area (Å²) in [6.45, 7) is 0. The monoisotopic (exact) mass is 490 g/mol. The zero-order valence-electron chi connectivity index (χ0n) is 21.0. The number of benzene rings is 4. The highest BCUT2D eigenvalue weighted by Gasteiger charge is 2.39. The lowest BCUT2D eigenvalue weighted by atomic mass is 9.82. The quantitative estimate of drug-likeness (QED) is 0.269. The van der Waals surface area contributed by atoms with Gasteiger partial charge in [0.1, 0.15) is 17.6 Å². The first kappa shape index (κ1) is 23.4. The third-order valence-electron chi connectivity index (χ3n) is 7.54. The van der Waals surface area contributed by atoms with Crippen molar-refractivity contribution in [1.29, 1.82) is 0 Å². The lowest BCUT2D eigenvalue weighted by Gasteiger charge is -2.37. The zero-order chi connectivity index (χ0) is 25.2. The predicted octanol–water partition coefficient (Wildman–Crippen LogP) is 7.69. The highest BCUT2D eigenvalue weighted by molar-refractivity contribution is 6.04. The minimum Gasteiger partial charge on any atom is -0.497 e. The van der Waals surface area contributed by atoms with E-state index >= 15 is 0 Å². The molecule has 0 saturated heterocycles. The van der Waals surface area contributed by atoms with Gasteiger partial charge >= 0.3 is 5.97 Å². The maximum absolute atomic E-state index is 13.5. The van der Waals surface area contributed by atoms with Gasteiger partial charge in [0.05, 0.1) is 12.7 Å². The number of carbonyl (C=O) groups excluding carboxylic acids is 1. The molecular weight excluding hydrogens is 460 g/mol. The second kappa shape index (κ2) is 9.78. The van der Waals surface area contributed by atoms with E-state index in [1.807, 2.05) is 66.7 Å². The average molecular weight is 491 g/mol. The second-order valence-electron chi connectivity index (χ2n) is 9.82. The third kappa shape index (κ3) is 4.27. The minimum absolute atomic E-state index is 0.0286. The van der Waals surface area contributed by atoms with Crippen LogP contribution in [-0.2, 0) is 10.3 Å². The number of rotatable bonds is 5. The van der Waals surface area contributed by atoms with Gasteiger partial charge in [-0.15, -0.1) is 0 Å². The molecule has 0 amide bonds. The third-order valence-corrected chi connectivity index (χ3v) is 7.54. The maximum Gasteiger partial charge on any atom is 0.339 e. The Kier molecular flexibility index (Phi) is 6.17. The van der Waals surface area contributed by atoms with Crippen molar-refractivity contribution in [2.75, 3.05) is 7.11 Å². The molecule has 1 saturated carbocycles. The summed E-state index contributed by atoms with van der Waals surface area (Å²) in [7, 11) is 1.65. The van der Waals surface area contributed by atoms with Crippen molar-refractivity contribution < 1.29 is 19.0 Å². The Labute approximate surface area is 217 Å². The first-order chi connectivity index (χ1) is 18.2. The molecule has 0 bridgehead atoms. The normalized spacial score (nSPS) is 16.6. The van der Waals surface area contributed by atoms with Gasteiger partial charge in [-0.1, -0.05) is 67.1 Å². The van der Waals surface area contributed by atoms with Gasteiger partial charge in [-0.05, 0) is 67.5 Å². The molecule has 4 aromatic rings. The summed E-state index contributed by atoms with van der Waals surface area (Å²) in [6.07, 6.45) is 9.32. The Morgan fingerprint density at radius 3 is 2.19 bits per heavy atom.